The van der Waals surface area contributed by atoms with Crippen LogP contribution in [-0.2, 0) is 11.3 Å². The average molecular weight is 383 g/mol. The van der Waals surface area contributed by atoms with E-state index in [9.17, 15) is 4.79 Å². The van der Waals surface area contributed by atoms with Gasteiger partial charge in [-0.25, -0.2) is 4.98 Å². The van der Waals surface area contributed by atoms with Crippen LogP contribution in [0.4, 0.5) is 17.5 Å². The van der Waals surface area contributed by atoms with Crippen LogP contribution in [0.1, 0.15) is 29.9 Å². The highest BCUT2D eigenvalue weighted by molar-refractivity contribution is 5.98. The Hall–Kier alpha value is -2.87. The van der Waals surface area contributed by atoms with E-state index in [2.05, 4.69) is 15.2 Å². The van der Waals surface area contributed by atoms with E-state index in [1.54, 1.807) is 7.11 Å². The number of hydrogen-bond acceptors (Lipinski definition) is 7. The number of aromatic nitrogens is 2. The van der Waals surface area contributed by atoms with E-state index in [1.807, 2.05) is 43.0 Å². The van der Waals surface area contributed by atoms with Crippen LogP contribution in [0.25, 0.3) is 0 Å². The number of nitrogens with one attached hydrogen (secondary N) is 1. The first-order valence-corrected chi connectivity index (χ1v) is 9.52. The normalized spacial score (nSPS) is 16.5. The van der Waals surface area contributed by atoms with Gasteiger partial charge in [0.1, 0.15) is 17.3 Å². The van der Waals surface area contributed by atoms with Gasteiger partial charge >= 0.3 is 0 Å². The zero-order chi connectivity index (χ0) is 19.7. The Bertz CT molecular complexity index is 880. The maximum atomic E-state index is 12.9. The van der Waals surface area contributed by atoms with Crippen molar-refractivity contribution in [1.29, 1.82) is 0 Å². The second-order valence-corrected chi connectivity index (χ2v) is 7.18. The van der Waals surface area contributed by atoms with E-state index >= 15 is 0 Å². The third kappa shape index (κ3) is 3.47. The molecule has 1 amide bonds. The highest BCUT2D eigenvalue weighted by atomic mass is 16.5. The van der Waals surface area contributed by atoms with Gasteiger partial charge in [0.05, 0.1) is 26.9 Å². The van der Waals surface area contributed by atoms with E-state index in [4.69, 9.17) is 14.5 Å². The summed E-state index contributed by atoms with van der Waals surface area (Å²) in [4.78, 5) is 26.2. The molecule has 1 aromatic heterocycles. The Balaban J connectivity index is 1.74. The minimum Gasteiger partial charge on any atom is -0.497 e. The number of morpholine rings is 1. The van der Waals surface area contributed by atoms with Crippen LogP contribution in [0.15, 0.2) is 24.3 Å². The van der Waals surface area contributed by atoms with Gasteiger partial charge in [-0.15, -0.1) is 0 Å². The van der Waals surface area contributed by atoms with Crippen LogP contribution in [0, 0.1) is 0 Å². The molecule has 2 aromatic rings. The van der Waals surface area contributed by atoms with Crippen LogP contribution < -0.4 is 15.0 Å². The number of fused-ring (bicyclic) bond motifs is 1. The molecule has 0 radical (unpaired) electrons. The largest absolute Gasteiger partial charge is 0.497 e. The molecule has 148 valence electrons. The summed E-state index contributed by atoms with van der Waals surface area (Å²) in [5.74, 6) is 1.93. The Labute approximate surface area is 164 Å². The van der Waals surface area contributed by atoms with Crippen molar-refractivity contribution in [3.05, 3.63) is 35.5 Å². The Morgan fingerprint density at radius 1 is 1.21 bits per heavy atom. The van der Waals surface area contributed by atoms with Gasteiger partial charge in [0.15, 0.2) is 0 Å². The van der Waals surface area contributed by atoms with E-state index in [0.717, 1.165) is 17.0 Å². The molecule has 0 atom stereocenters. The predicted molar refractivity (Wildman–Crippen MR) is 106 cm³/mol. The quantitative estimate of drug-likeness (QED) is 0.849. The summed E-state index contributed by atoms with van der Waals surface area (Å²) in [6, 6.07) is 7.75. The number of rotatable bonds is 5. The highest BCUT2D eigenvalue weighted by Gasteiger charge is 2.35. The molecule has 0 bridgehead atoms. The topological polar surface area (TPSA) is 79.8 Å². The van der Waals surface area contributed by atoms with E-state index in [1.165, 1.54) is 0 Å². The monoisotopic (exact) mass is 383 g/mol. The molecule has 1 fully saturated rings. The SMILES string of the molecule is COc1cccc(Nc2nc(N3CCOCC3)nc3c2CN(C(C)C)C3=O)c1. The zero-order valence-corrected chi connectivity index (χ0v) is 16.4. The van der Waals surface area contributed by atoms with Gasteiger partial charge < -0.3 is 24.6 Å². The summed E-state index contributed by atoms with van der Waals surface area (Å²) in [7, 11) is 1.64. The number of amides is 1. The molecule has 8 heteroatoms. The molecular formula is C20H25N5O3. The molecule has 28 heavy (non-hydrogen) atoms. The summed E-state index contributed by atoms with van der Waals surface area (Å²) >= 11 is 0. The molecular weight excluding hydrogens is 358 g/mol. The minimum absolute atomic E-state index is 0.0457. The zero-order valence-electron chi connectivity index (χ0n) is 16.4. The van der Waals surface area contributed by atoms with Gasteiger partial charge in [-0.1, -0.05) is 6.07 Å². The van der Waals surface area contributed by atoms with Crippen LogP contribution >= 0.6 is 0 Å². The number of ether oxygens (including phenoxy) is 2. The first-order valence-electron chi connectivity index (χ1n) is 9.52. The molecule has 0 unspecified atom stereocenters. The molecule has 2 aliphatic rings. The molecule has 1 aromatic carbocycles. The molecule has 0 saturated carbocycles. The predicted octanol–water partition coefficient (Wildman–Crippen LogP) is 2.43. The fourth-order valence-electron chi connectivity index (χ4n) is 3.44. The fraction of sp³-hybridized carbons (Fsp3) is 0.450. The lowest BCUT2D eigenvalue weighted by Crippen LogP contribution is -2.37. The van der Waals surface area contributed by atoms with Gasteiger partial charge in [0.2, 0.25) is 5.95 Å². The Kier molecular flexibility index (Phi) is 5.04. The molecule has 4 rings (SSSR count). The average Bonchev–Trinajstić information content (AvgIpc) is 3.06. The Morgan fingerprint density at radius 2 is 2.00 bits per heavy atom. The molecule has 1 saturated heterocycles. The van der Waals surface area contributed by atoms with Gasteiger partial charge in [0.25, 0.3) is 5.91 Å². The van der Waals surface area contributed by atoms with E-state index < -0.39 is 0 Å². The van der Waals surface area contributed by atoms with Crippen molar-refractivity contribution in [2.45, 2.75) is 26.4 Å². The van der Waals surface area contributed by atoms with Gasteiger partial charge in [-0.2, -0.15) is 4.98 Å². The summed E-state index contributed by atoms with van der Waals surface area (Å²) in [5, 5.41) is 3.37. The summed E-state index contributed by atoms with van der Waals surface area (Å²) < 4.78 is 10.7. The lowest BCUT2D eigenvalue weighted by Gasteiger charge is -2.27. The van der Waals surface area contributed by atoms with E-state index in [-0.39, 0.29) is 11.9 Å². The number of benzene rings is 1. The van der Waals surface area contributed by atoms with Crippen molar-refractivity contribution in [3.8, 4) is 5.75 Å². The number of nitrogens with zero attached hydrogens (tertiary/aromatic N) is 4. The summed E-state index contributed by atoms with van der Waals surface area (Å²) in [6.07, 6.45) is 0. The highest BCUT2D eigenvalue weighted by Crippen LogP contribution is 2.32. The van der Waals surface area contributed by atoms with Gasteiger partial charge in [0, 0.05) is 36.4 Å². The minimum atomic E-state index is -0.0457. The second-order valence-electron chi connectivity index (χ2n) is 7.18. The van der Waals surface area contributed by atoms with Crippen molar-refractivity contribution in [1.82, 2.24) is 14.9 Å². The van der Waals surface area contributed by atoms with Gasteiger partial charge in [-0.3, -0.25) is 4.79 Å². The van der Waals surface area contributed by atoms with Crippen LogP contribution in [0.3, 0.4) is 0 Å². The number of methoxy groups -OCH3 is 1. The smallest absolute Gasteiger partial charge is 0.273 e. The molecule has 0 aliphatic carbocycles. The first-order chi connectivity index (χ1) is 13.6. The third-order valence-electron chi connectivity index (χ3n) is 5.04. The number of carbonyl (C=O) groups excluding carboxylic acids is 1. The summed E-state index contributed by atoms with van der Waals surface area (Å²) in [6.45, 7) is 7.20. The maximum absolute atomic E-state index is 12.9. The van der Waals surface area contributed by atoms with Crippen molar-refractivity contribution in [2.24, 2.45) is 0 Å². The Morgan fingerprint density at radius 3 is 2.71 bits per heavy atom. The molecule has 1 N–H and O–H groups in total. The van der Waals surface area contributed by atoms with Crippen LogP contribution in [0.5, 0.6) is 5.75 Å². The number of carbonyl (C=O) groups is 1. The standard InChI is InChI=1S/C20H25N5O3/c1-13(2)25-12-16-17(19(25)26)22-20(24-7-9-28-10-8-24)23-18(16)21-14-5-4-6-15(11-14)27-3/h4-6,11,13H,7-10,12H2,1-3H3,(H,21,22,23). The number of anilines is 3. The molecule has 0 spiro atoms. The van der Waals surface area contributed by atoms with Crippen molar-refractivity contribution in [3.63, 3.8) is 0 Å². The van der Waals surface area contributed by atoms with Crippen molar-refractivity contribution in [2.75, 3.05) is 43.6 Å². The van der Waals surface area contributed by atoms with Crippen LogP contribution in [-0.4, -0.2) is 60.2 Å². The maximum Gasteiger partial charge on any atom is 0.273 e. The lowest BCUT2D eigenvalue weighted by atomic mass is 10.2. The van der Waals surface area contributed by atoms with Crippen LogP contribution in [0.2, 0.25) is 0 Å². The van der Waals surface area contributed by atoms with E-state index in [0.29, 0.717) is 50.3 Å². The summed E-state index contributed by atoms with van der Waals surface area (Å²) in [5.41, 5.74) is 2.16. The second kappa shape index (κ2) is 7.63. The van der Waals surface area contributed by atoms with Crippen molar-refractivity contribution < 1.29 is 14.3 Å². The molecule has 8 nitrogen and oxygen atoms in total. The third-order valence-corrected chi connectivity index (χ3v) is 5.04. The lowest BCUT2D eigenvalue weighted by molar-refractivity contribution is 0.0726. The molecule has 3 heterocycles. The first kappa shape index (κ1) is 18.5. The number of hydrogen-bond donors (Lipinski definition) is 1. The van der Waals surface area contributed by atoms with Crippen molar-refractivity contribution >= 4 is 23.4 Å². The fourth-order valence-corrected chi connectivity index (χ4v) is 3.44. The molecule has 2 aliphatic heterocycles. The van der Waals surface area contributed by atoms with Gasteiger partial charge in [-0.05, 0) is 26.0 Å².